The second kappa shape index (κ2) is 6.64. The van der Waals surface area contributed by atoms with Gasteiger partial charge in [-0.3, -0.25) is 0 Å². The van der Waals surface area contributed by atoms with Crippen LogP contribution in [0.15, 0.2) is 18.2 Å². The molecule has 3 heteroatoms. The Labute approximate surface area is 124 Å². The van der Waals surface area contributed by atoms with Crippen LogP contribution in [-0.2, 0) is 0 Å². The fraction of sp³-hybridized carbons (Fsp3) is 0.600. The average Bonchev–Trinajstić information content (AvgIpc) is 2.34. The molecule has 1 aromatic carbocycles. The van der Waals surface area contributed by atoms with Gasteiger partial charge in [-0.2, -0.15) is 0 Å². The van der Waals surface area contributed by atoms with Crippen LogP contribution in [0.3, 0.4) is 0 Å². The average molecular weight is 358 g/mol. The Hall–Kier alpha value is -0.450. The Bertz CT molecular complexity index is 384. The highest BCUT2D eigenvalue weighted by Crippen LogP contribution is 2.30. The minimum atomic E-state index is 0.839. The number of hydrogen-bond donors (Lipinski definition) is 2. The van der Waals surface area contributed by atoms with Gasteiger partial charge in [-0.1, -0.05) is 32.6 Å². The molecule has 1 aliphatic carbocycles. The summed E-state index contributed by atoms with van der Waals surface area (Å²) in [5.74, 6) is 1.88. The Kier molecular flexibility index (Phi) is 5.15. The van der Waals surface area contributed by atoms with Gasteiger partial charge < -0.3 is 11.1 Å². The van der Waals surface area contributed by atoms with Crippen LogP contribution in [0.2, 0.25) is 0 Å². The van der Waals surface area contributed by atoms with Crippen molar-refractivity contribution in [2.45, 2.75) is 39.0 Å². The van der Waals surface area contributed by atoms with Crippen LogP contribution in [0, 0.1) is 15.4 Å². The number of rotatable bonds is 4. The van der Waals surface area contributed by atoms with Gasteiger partial charge in [0.1, 0.15) is 0 Å². The first-order chi connectivity index (χ1) is 8.65. The molecule has 0 heterocycles. The van der Waals surface area contributed by atoms with Crippen molar-refractivity contribution < 1.29 is 0 Å². The van der Waals surface area contributed by atoms with E-state index in [1.54, 1.807) is 0 Å². The van der Waals surface area contributed by atoms with E-state index in [1.807, 2.05) is 12.1 Å². The monoisotopic (exact) mass is 358 g/mol. The van der Waals surface area contributed by atoms with E-state index in [0.717, 1.165) is 24.1 Å². The maximum Gasteiger partial charge on any atom is 0.0477 e. The molecule has 0 unspecified atom stereocenters. The number of nitrogen functional groups attached to an aromatic ring is 1. The van der Waals surface area contributed by atoms with Crippen molar-refractivity contribution in [2.24, 2.45) is 11.8 Å². The summed E-state index contributed by atoms with van der Waals surface area (Å²) in [6.45, 7) is 3.46. The quantitative estimate of drug-likeness (QED) is 0.614. The first-order valence-electron chi connectivity index (χ1n) is 6.94. The van der Waals surface area contributed by atoms with Crippen LogP contribution in [0.4, 0.5) is 11.4 Å². The number of nitrogens with two attached hydrogens (primary N) is 1. The molecule has 3 N–H and O–H groups in total. The smallest absolute Gasteiger partial charge is 0.0477 e. The number of hydrogen-bond acceptors (Lipinski definition) is 2. The van der Waals surface area contributed by atoms with Crippen molar-refractivity contribution in [1.82, 2.24) is 0 Å². The molecule has 0 atom stereocenters. The summed E-state index contributed by atoms with van der Waals surface area (Å²) >= 11 is 2.34. The molecule has 0 saturated heterocycles. The zero-order chi connectivity index (χ0) is 13.0. The van der Waals surface area contributed by atoms with Crippen molar-refractivity contribution >= 4 is 34.0 Å². The molecule has 2 nitrogen and oxygen atoms in total. The molecule has 0 aliphatic heterocycles. The Morgan fingerprint density at radius 1 is 1.28 bits per heavy atom. The third-order valence-corrected chi connectivity index (χ3v) is 4.89. The van der Waals surface area contributed by atoms with Crippen LogP contribution >= 0.6 is 22.6 Å². The van der Waals surface area contributed by atoms with Gasteiger partial charge in [0.2, 0.25) is 0 Å². The fourth-order valence-corrected chi connectivity index (χ4v) is 3.43. The second-order valence-electron chi connectivity index (χ2n) is 5.58. The molecule has 100 valence electrons. The minimum Gasteiger partial charge on any atom is -0.399 e. The van der Waals surface area contributed by atoms with Gasteiger partial charge in [-0.15, -0.1) is 0 Å². The molecule has 0 amide bonds. The number of halogens is 1. The summed E-state index contributed by atoms with van der Waals surface area (Å²) in [6, 6.07) is 6.07. The predicted molar refractivity (Wildman–Crippen MR) is 87.8 cm³/mol. The molecule has 0 radical (unpaired) electrons. The largest absolute Gasteiger partial charge is 0.399 e. The Balaban J connectivity index is 1.75. The van der Waals surface area contributed by atoms with E-state index in [-0.39, 0.29) is 0 Å². The summed E-state index contributed by atoms with van der Waals surface area (Å²) in [6.07, 6.45) is 6.98. The minimum absolute atomic E-state index is 0.839. The third kappa shape index (κ3) is 4.04. The number of nitrogens with one attached hydrogen (secondary N) is 1. The van der Waals surface area contributed by atoms with Crippen LogP contribution in [0.1, 0.15) is 39.0 Å². The third-order valence-electron chi connectivity index (χ3n) is 4.00. The molecular weight excluding hydrogens is 335 g/mol. The first kappa shape index (κ1) is 14.0. The molecule has 2 rings (SSSR count). The molecule has 18 heavy (non-hydrogen) atoms. The molecule has 0 bridgehead atoms. The van der Waals surface area contributed by atoms with E-state index in [9.17, 15) is 0 Å². The van der Waals surface area contributed by atoms with Crippen LogP contribution in [0.25, 0.3) is 0 Å². The molecule has 1 saturated carbocycles. The van der Waals surface area contributed by atoms with Crippen LogP contribution in [0.5, 0.6) is 0 Å². The van der Waals surface area contributed by atoms with Crippen molar-refractivity contribution in [3.63, 3.8) is 0 Å². The molecule has 0 spiro atoms. The van der Waals surface area contributed by atoms with Gasteiger partial charge in [-0.25, -0.2) is 0 Å². The lowest BCUT2D eigenvalue weighted by Crippen LogP contribution is -2.16. The lowest BCUT2D eigenvalue weighted by atomic mass is 9.81. The Morgan fingerprint density at radius 2 is 2.00 bits per heavy atom. The molecule has 1 aromatic rings. The molecule has 1 aliphatic rings. The van der Waals surface area contributed by atoms with Crippen molar-refractivity contribution in [2.75, 3.05) is 17.6 Å². The summed E-state index contributed by atoms with van der Waals surface area (Å²) in [5.41, 5.74) is 7.81. The maximum absolute atomic E-state index is 5.75. The second-order valence-corrected chi connectivity index (χ2v) is 6.74. The van der Waals surface area contributed by atoms with E-state index >= 15 is 0 Å². The van der Waals surface area contributed by atoms with Gasteiger partial charge in [0, 0.05) is 21.5 Å². The van der Waals surface area contributed by atoms with E-state index in [2.05, 4.69) is 40.9 Å². The molecule has 0 aromatic heterocycles. The molecular formula is C15H23IN2. The standard InChI is InChI=1S/C15H23IN2/c1-11-2-4-12(5-3-11)8-9-18-15-7-6-13(17)10-14(15)16/h6-7,10-12,18H,2-5,8-9,17H2,1H3. The summed E-state index contributed by atoms with van der Waals surface area (Å²) in [4.78, 5) is 0. The lowest BCUT2D eigenvalue weighted by Gasteiger charge is -2.26. The van der Waals surface area contributed by atoms with E-state index < -0.39 is 0 Å². The maximum atomic E-state index is 5.75. The van der Waals surface area contributed by atoms with E-state index in [0.29, 0.717) is 0 Å². The van der Waals surface area contributed by atoms with Gasteiger partial charge in [-0.05, 0) is 59.0 Å². The summed E-state index contributed by atoms with van der Waals surface area (Å²) < 4.78 is 1.21. The predicted octanol–water partition coefficient (Wildman–Crippen LogP) is 4.50. The number of benzene rings is 1. The van der Waals surface area contributed by atoms with Crippen LogP contribution < -0.4 is 11.1 Å². The van der Waals surface area contributed by atoms with Gasteiger partial charge in [0.05, 0.1) is 0 Å². The fourth-order valence-electron chi connectivity index (χ4n) is 2.70. The first-order valence-corrected chi connectivity index (χ1v) is 8.02. The summed E-state index contributed by atoms with van der Waals surface area (Å²) in [7, 11) is 0. The van der Waals surface area contributed by atoms with Crippen molar-refractivity contribution in [3.05, 3.63) is 21.8 Å². The highest BCUT2D eigenvalue weighted by atomic mass is 127. The van der Waals surface area contributed by atoms with E-state index in [1.165, 1.54) is 41.4 Å². The van der Waals surface area contributed by atoms with Gasteiger partial charge >= 0.3 is 0 Å². The van der Waals surface area contributed by atoms with Crippen molar-refractivity contribution in [1.29, 1.82) is 0 Å². The highest BCUT2D eigenvalue weighted by molar-refractivity contribution is 14.1. The summed E-state index contributed by atoms with van der Waals surface area (Å²) in [5, 5.41) is 3.54. The number of anilines is 2. The molecule has 1 fully saturated rings. The zero-order valence-electron chi connectivity index (χ0n) is 11.1. The SMILES string of the molecule is CC1CCC(CCNc2ccc(N)cc2I)CC1. The van der Waals surface area contributed by atoms with Crippen LogP contribution in [-0.4, -0.2) is 6.54 Å². The lowest BCUT2D eigenvalue weighted by molar-refractivity contribution is 0.282. The zero-order valence-corrected chi connectivity index (χ0v) is 13.2. The van der Waals surface area contributed by atoms with Gasteiger partial charge in [0.15, 0.2) is 0 Å². The Morgan fingerprint density at radius 3 is 2.67 bits per heavy atom. The van der Waals surface area contributed by atoms with Gasteiger partial charge in [0.25, 0.3) is 0 Å². The van der Waals surface area contributed by atoms with Crippen molar-refractivity contribution in [3.8, 4) is 0 Å². The normalized spacial score (nSPS) is 23.9. The van der Waals surface area contributed by atoms with E-state index in [4.69, 9.17) is 5.73 Å². The topological polar surface area (TPSA) is 38.0 Å². The highest BCUT2D eigenvalue weighted by Gasteiger charge is 2.17.